The van der Waals surface area contributed by atoms with E-state index in [4.69, 9.17) is 10.8 Å². The Kier molecular flexibility index (Phi) is 1.19. The largest absolute Gasteiger partial charge is 0.462 e. The molecule has 0 aromatic rings. The Labute approximate surface area is 46.2 Å². The van der Waals surface area contributed by atoms with Crippen LogP contribution in [0.25, 0.3) is 0 Å². The summed E-state index contributed by atoms with van der Waals surface area (Å²) >= 11 is 0. The highest BCUT2D eigenvalue weighted by Gasteiger charge is 2.31. The number of aliphatic hydroxyl groups is 1. The Hall–Kier alpha value is -0.610. The third-order valence-corrected chi connectivity index (χ3v) is 1.07. The first-order valence-corrected chi connectivity index (χ1v) is 2.32. The van der Waals surface area contributed by atoms with Crippen LogP contribution in [0.4, 0.5) is 0 Å². The molecule has 1 saturated heterocycles. The second-order valence-corrected chi connectivity index (χ2v) is 1.74. The van der Waals surface area contributed by atoms with Gasteiger partial charge in [0.25, 0.3) is 0 Å². The molecule has 8 heavy (non-hydrogen) atoms. The Morgan fingerprint density at radius 3 is 2.62 bits per heavy atom. The molecule has 2 unspecified atom stereocenters. The van der Waals surface area contributed by atoms with Crippen LogP contribution in [0, 0.1) is 0 Å². The van der Waals surface area contributed by atoms with Gasteiger partial charge in [-0.15, -0.1) is 0 Å². The van der Waals surface area contributed by atoms with Crippen molar-refractivity contribution in [3.63, 3.8) is 0 Å². The van der Waals surface area contributed by atoms with Crippen molar-refractivity contribution in [2.45, 2.75) is 12.1 Å². The highest BCUT2D eigenvalue weighted by atomic mass is 16.6. The lowest BCUT2D eigenvalue weighted by Gasteiger charge is -1.98. The topological polar surface area (TPSA) is 72.5 Å². The number of carbonyl (C=O) groups is 1. The number of rotatable bonds is 0. The summed E-state index contributed by atoms with van der Waals surface area (Å²) in [4.78, 5) is 10.2. The molecule has 0 aliphatic carbocycles. The van der Waals surface area contributed by atoms with Crippen molar-refractivity contribution < 1.29 is 14.6 Å². The maximum atomic E-state index is 10.2. The predicted molar refractivity (Wildman–Crippen MR) is 24.9 cm³/mol. The summed E-state index contributed by atoms with van der Waals surface area (Å²) in [5.74, 6) is -0.613. The van der Waals surface area contributed by atoms with Crippen LogP contribution < -0.4 is 5.73 Å². The van der Waals surface area contributed by atoms with Crippen molar-refractivity contribution in [3.05, 3.63) is 0 Å². The molecule has 1 aliphatic heterocycles. The Morgan fingerprint density at radius 1 is 1.88 bits per heavy atom. The number of aliphatic hydroxyl groups excluding tert-OH is 1. The number of cyclic esters (lactones) is 1. The zero-order chi connectivity index (χ0) is 6.15. The lowest BCUT2D eigenvalue weighted by molar-refractivity contribution is -0.144. The van der Waals surface area contributed by atoms with E-state index in [-0.39, 0.29) is 6.61 Å². The second kappa shape index (κ2) is 1.72. The monoisotopic (exact) mass is 117 g/mol. The molecule has 1 aliphatic rings. The van der Waals surface area contributed by atoms with Gasteiger partial charge in [-0.05, 0) is 0 Å². The van der Waals surface area contributed by atoms with Crippen LogP contribution in [0.1, 0.15) is 0 Å². The number of carbonyl (C=O) groups excluding carboxylic acids is 1. The van der Waals surface area contributed by atoms with E-state index in [9.17, 15) is 4.79 Å². The Morgan fingerprint density at radius 2 is 2.50 bits per heavy atom. The van der Waals surface area contributed by atoms with Crippen LogP contribution in [-0.2, 0) is 9.53 Å². The first kappa shape index (κ1) is 5.53. The molecule has 1 fully saturated rings. The fraction of sp³-hybridized carbons (Fsp3) is 0.750. The third-order valence-electron chi connectivity index (χ3n) is 1.07. The molecule has 0 amide bonds. The minimum Gasteiger partial charge on any atom is -0.462 e. The molecule has 4 heteroatoms. The fourth-order valence-electron chi connectivity index (χ4n) is 0.530. The molecular weight excluding hydrogens is 110 g/mol. The maximum absolute atomic E-state index is 10.2. The van der Waals surface area contributed by atoms with E-state index < -0.39 is 18.1 Å². The molecule has 1 rings (SSSR count). The van der Waals surface area contributed by atoms with Crippen molar-refractivity contribution in [2.24, 2.45) is 5.73 Å². The van der Waals surface area contributed by atoms with E-state index >= 15 is 0 Å². The van der Waals surface area contributed by atoms with E-state index in [0.717, 1.165) is 0 Å². The molecule has 0 spiro atoms. The first-order chi connectivity index (χ1) is 3.72. The van der Waals surface area contributed by atoms with Gasteiger partial charge in [0.05, 0.1) is 6.04 Å². The van der Waals surface area contributed by atoms with Gasteiger partial charge in [-0.25, -0.2) is 4.79 Å². The van der Waals surface area contributed by atoms with Gasteiger partial charge in [-0.1, -0.05) is 0 Å². The quantitative estimate of drug-likeness (QED) is 0.368. The van der Waals surface area contributed by atoms with Crippen LogP contribution in [-0.4, -0.2) is 29.8 Å². The van der Waals surface area contributed by atoms with E-state index in [2.05, 4.69) is 4.74 Å². The van der Waals surface area contributed by atoms with Crippen molar-refractivity contribution in [1.82, 2.24) is 0 Å². The molecule has 0 aromatic carbocycles. The van der Waals surface area contributed by atoms with E-state index in [1.807, 2.05) is 0 Å². The number of ether oxygens (including phenoxy) is 1. The summed E-state index contributed by atoms with van der Waals surface area (Å²) < 4.78 is 4.36. The van der Waals surface area contributed by atoms with Gasteiger partial charge in [-0.3, -0.25) is 0 Å². The molecule has 3 N–H and O–H groups in total. The molecule has 0 aromatic heterocycles. The average Bonchev–Trinajstić information content (AvgIpc) is 1.98. The van der Waals surface area contributed by atoms with Crippen molar-refractivity contribution in [1.29, 1.82) is 0 Å². The minimum atomic E-state index is -1.10. The lowest BCUT2D eigenvalue weighted by atomic mass is 10.2. The molecule has 46 valence electrons. The van der Waals surface area contributed by atoms with Gasteiger partial charge in [0, 0.05) is 0 Å². The van der Waals surface area contributed by atoms with Crippen LogP contribution in [0.5, 0.6) is 0 Å². The van der Waals surface area contributed by atoms with Crippen LogP contribution in [0.15, 0.2) is 0 Å². The zero-order valence-electron chi connectivity index (χ0n) is 4.20. The summed E-state index contributed by atoms with van der Waals surface area (Å²) in [7, 11) is 0. The van der Waals surface area contributed by atoms with Crippen molar-refractivity contribution in [3.8, 4) is 0 Å². The first-order valence-electron chi connectivity index (χ1n) is 2.32. The molecule has 2 atom stereocenters. The van der Waals surface area contributed by atoms with Gasteiger partial charge in [-0.2, -0.15) is 0 Å². The summed E-state index contributed by atoms with van der Waals surface area (Å²) in [5.41, 5.74) is 5.17. The van der Waals surface area contributed by atoms with E-state index in [0.29, 0.717) is 0 Å². The Bertz CT molecular complexity index is 114. The SMILES string of the molecule is NC1COC(=O)C1O. The normalized spacial score (nSPS) is 37.5. The number of nitrogens with two attached hydrogens (primary N) is 1. The van der Waals surface area contributed by atoms with Gasteiger partial charge in [0.1, 0.15) is 6.61 Å². The van der Waals surface area contributed by atoms with Gasteiger partial charge >= 0.3 is 5.97 Å². The van der Waals surface area contributed by atoms with E-state index in [1.165, 1.54) is 0 Å². The van der Waals surface area contributed by atoms with Gasteiger partial charge in [0.2, 0.25) is 0 Å². The van der Waals surface area contributed by atoms with Gasteiger partial charge < -0.3 is 15.6 Å². The van der Waals surface area contributed by atoms with Crippen LogP contribution >= 0.6 is 0 Å². The predicted octanol–water partition coefficient (Wildman–Crippen LogP) is -1.77. The molecule has 0 bridgehead atoms. The average molecular weight is 117 g/mol. The molecular formula is C4H7NO3. The summed E-state index contributed by atoms with van der Waals surface area (Å²) in [5, 5.41) is 8.67. The maximum Gasteiger partial charge on any atom is 0.336 e. The number of esters is 1. The summed E-state index contributed by atoms with van der Waals surface area (Å²) in [6.07, 6.45) is -1.10. The lowest BCUT2D eigenvalue weighted by Crippen LogP contribution is -2.34. The molecule has 0 radical (unpaired) electrons. The van der Waals surface area contributed by atoms with Crippen molar-refractivity contribution in [2.75, 3.05) is 6.61 Å². The molecule has 0 saturated carbocycles. The van der Waals surface area contributed by atoms with Gasteiger partial charge in [0.15, 0.2) is 6.10 Å². The summed E-state index contributed by atoms with van der Waals surface area (Å²) in [6, 6.07) is -0.525. The van der Waals surface area contributed by atoms with E-state index in [1.54, 1.807) is 0 Å². The zero-order valence-corrected chi connectivity index (χ0v) is 4.20. The highest BCUT2D eigenvalue weighted by molar-refractivity contribution is 5.77. The number of hydrogen-bond acceptors (Lipinski definition) is 4. The molecule has 1 heterocycles. The van der Waals surface area contributed by atoms with Crippen LogP contribution in [0.3, 0.4) is 0 Å². The standard InChI is InChI=1S/C4H7NO3/c5-2-1-8-4(7)3(2)6/h2-3,6H,1,5H2. The number of hydrogen-bond donors (Lipinski definition) is 2. The smallest absolute Gasteiger partial charge is 0.336 e. The van der Waals surface area contributed by atoms with Crippen molar-refractivity contribution >= 4 is 5.97 Å². The van der Waals surface area contributed by atoms with Crippen LogP contribution in [0.2, 0.25) is 0 Å². The summed E-state index contributed by atoms with van der Waals surface area (Å²) in [6.45, 7) is 0.139. The Balaban J connectivity index is 2.56. The highest BCUT2D eigenvalue weighted by Crippen LogP contribution is 2.02. The fourth-order valence-corrected chi connectivity index (χ4v) is 0.530. The third kappa shape index (κ3) is 0.677. The second-order valence-electron chi connectivity index (χ2n) is 1.74. The molecule has 4 nitrogen and oxygen atoms in total. The minimum absolute atomic E-state index is 0.139.